The number of Topliss-reactive ketones (excluding diaryl/α,β-unsaturated/α-hetero) is 1. The molecule has 1 saturated carbocycles. The van der Waals surface area contributed by atoms with Crippen LogP contribution in [-0.2, 0) is 4.79 Å². The third-order valence-corrected chi connectivity index (χ3v) is 4.89. The van der Waals surface area contributed by atoms with E-state index in [0.29, 0.717) is 17.7 Å². The van der Waals surface area contributed by atoms with Gasteiger partial charge in [0.05, 0.1) is 0 Å². The summed E-state index contributed by atoms with van der Waals surface area (Å²) in [7, 11) is 0. The molecule has 0 aromatic carbocycles. The normalized spacial score (nSPS) is 28.6. The summed E-state index contributed by atoms with van der Waals surface area (Å²) in [6, 6.07) is 0.453. The minimum Gasteiger partial charge on any atom is -0.312 e. The summed E-state index contributed by atoms with van der Waals surface area (Å²) in [6.45, 7) is 1.08. The number of nitrogens with one attached hydrogen (secondary N) is 1. The van der Waals surface area contributed by atoms with Gasteiger partial charge in [-0.25, -0.2) is 0 Å². The molecular weight excluding hydrogens is 218 g/mol. The van der Waals surface area contributed by atoms with Crippen molar-refractivity contribution in [3.8, 4) is 0 Å². The topological polar surface area (TPSA) is 29.1 Å². The largest absolute Gasteiger partial charge is 0.312 e. The molecule has 2 rings (SSSR count). The van der Waals surface area contributed by atoms with Crippen LogP contribution in [0.2, 0.25) is 0 Å². The molecule has 1 N–H and O–H groups in total. The Morgan fingerprint density at radius 1 is 1.19 bits per heavy atom. The number of rotatable bonds is 3. The van der Waals surface area contributed by atoms with Crippen molar-refractivity contribution in [3.63, 3.8) is 0 Å². The van der Waals surface area contributed by atoms with Crippen molar-refractivity contribution in [2.75, 3.05) is 18.1 Å². The first-order valence-corrected chi connectivity index (χ1v) is 7.85. The monoisotopic (exact) mass is 241 g/mol. The Bertz CT molecular complexity index is 218. The van der Waals surface area contributed by atoms with Crippen LogP contribution in [0.4, 0.5) is 0 Å². The number of hydrogen-bond acceptors (Lipinski definition) is 3. The Hall–Kier alpha value is -0.0200. The van der Waals surface area contributed by atoms with Crippen LogP contribution in [0.3, 0.4) is 0 Å². The molecule has 1 heterocycles. The SMILES string of the molecule is O=C(CC1CSCCN1)C1CCCCCC1. The molecule has 3 heteroatoms. The van der Waals surface area contributed by atoms with Crippen molar-refractivity contribution >= 4 is 17.5 Å². The predicted octanol–water partition coefficient (Wildman–Crippen LogP) is 2.62. The highest BCUT2D eigenvalue weighted by Gasteiger charge is 2.23. The highest BCUT2D eigenvalue weighted by Crippen LogP contribution is 2.25. The Kier molecular flexibility index (Phi) is 5.17. The fourth-order valence-electron chi connectivity index (χ4n) is 2.76. The van der Waals surface area contributed by atoms with Crippen LogP contribution in [0.1, 0.15) is 44.9 Å². The third kappa shape index (κ3) is 3.77. The van der Waals surface area contributed by atoms with Crippen LogP contribution < -0.4 is 5.32 Å². The van der Waals surface area contributed by atoms with Crippen molar-refractivity contribution in [1.82, 2.24) is 5.32 Å². The van der Waals surface area contributed by atoms with Gasteiger partial charge in [-0.05, 0) is 12.8 Å². The summed E-state index contributed by atoms with van der Waals surface area (Å²) in [4.78, 5) is 12.2. The molecule has 16 heavy (non-hydrogen) atoms. The van der Waals surface area contributed by atoms with Gasteiger partial charge in [0.15, 0.2) is 0 Å². The maximum Gasteiger partial charge on any atom is 0.137 e. The molecule has 1 aliphatic carbocycles. The average molecular weight is 241 g/mol. The predicted molar refractivity (Wildman–Crippen MR) is 69.9 cm³/mol. The Morgan fingerprint density at radius 3 is 2.56 bits per heavy atom. The summed E-state index contributed by atoms with van der Waals surface area (Å²) in [5, 5.41) is 3.46. The van der Waals surface area contributed by atoms with Gasteiger partial charge in [0, 0.05) is 36.4 Å². The minimum absolute atomic E-state index is 0.385. The molecule has 92 valence electrons. The van der Waals surface area contributed by atoms with Crippen LogP contribution in [-0.4, -0.2) is 29.9 Å². The molecule has 0 amide bonds. The molecule has 0 radical (unpaired) electrons. The zero-order valence-corrected chi connectivity index (χ0v) is 10.9. The molecule has 1 saturated heterocycles. The van der Waals surface area contributed by atoms with Crippen molar-refractivity contribution in [2.24, 2.45) is 5.92 Å². The molecule has 0 bridgehead atoms. The van der Waals surface area contributed by atoms with E-state index < -0.39 is 0 Å². The van der Waals surface area contributed by atoms with Gasteiger partial charge in [-0.2, -0.15) is 11.8 Å². The average Bonchev–Trinajstić information content (AvgIpc) is 2.59. The second-order valence-corrected chi connectivity index (χ2v) is 6.23. The Morgan fingerprint density at radius 2 is 1.94 bits per heavy atom. The quantitative estimate of drug-likeness (QED) is 0.770. The number of hydrogen-bond donors (Lipinski definition) is 1. The van der Waals surface area contributed by atoms with Crippen molar-refractivity contribution in [3.05, 3.63) is 0 Å². The Balaban J connectivity index is 1.76. The van der Waals surface area contributed by atoms with E-state index in [2.05, 4.69) is 5.32 Å². The summed E-state index contributed by atoms with van der Waals surface area (Å²) < 4.78 is 0. The molecule has 0 aromatic heterocycles. The van der Waals surface area contributed by atoms with Crippen LogP contribution >= 0.6 is 11.8 Å². The van der Waals surface area contributed by atoms with E-state index in [4.69, 9.17) is 0 Å². The smallest absolute Gasteiger partial charge is 0.137 e. The summed E-state index contributed by atoms with van der Waals surface area (Å²) in [6.07, 6.45) is 8.28. The van der Waals surface area contributed by atoms with Gasteiger partial charge in [-0.1, -0.05) is 25.7 Å². The van der Waals surface area contributed by atoms with Gasteiger partial charge >= 0.3 is 0 Å². The van der Waals surface area contributed by atoms with E-state index in [1.165, 1.54) is 31.4 Å². The van der Waals surface area contributed by atoms with E-state index in [9.17, 15) is 4.79 Å². The molecule has 1 atom stereocenters. The fraction of sp³-hybridized carbons (Fsp3) is 0.923. The lowest BCUT2D eigenvalue weighted by Crippen LogP contribution is -2.39. The standard InChI is InChI=1S/C13H23NOS/c15-13(9-12-10-16-8-7-14-12)11-5-3-1-2-4-6-11/h11-12,14H,1-10H2. The molecule has 2 fully saturated rings. The molecule has 2 aliphatic rings. The maximum atomic E-state index is 12.2. The molecule has 2 nitrogen and oxygen atoms in total. The van der Waals surface area contributed by atoms with Gasteiger partial charge in [-0.15, -0.1) is 0 Å². The van der Waals surface area contributed by atoms with Crippen molar-refractivity contribution < 1.29 is 4.79 Å². The lowest BCUT2D eigenvalue weighted by Gasteiger charge is -2.24. The first-order chi connectivity index (χ1) is 7.86. The van der Waals surface area contributed by atoms with Crippen molar-refractivity contribution in [2.45, 2.75) is 51.0 Å². The molecule has 1 aliphatic heterocycles. The summed E-state index contributed by atoms with van der Waals surface area (Å²) >= 11 is 1.98. The van der Waals surface area contributed by atoms with E-state index in [0.717, 1.165) is 31.6 Å². The highest BCUT2D eigenvalue weighted by atomic mass is 32.2. The first kappa shape index (κ1) is 12.4. The molecule has 1 unspecified atom stereocenters. The lowest BCUT2D eigenvalue weighted by molar-refractivity contribution is -0.123. The summed E-state index contributed by atoms with van der Waals surface area (Å²) in [5.41, 5.74) is 0. The van der Waals surface area contributed by atoms with Crippen LogP contribution in [0.15, 0.2) is 0 Å². The minimum atomic E-state index is 0.385. The van der Waals surface area contributed by atoms with Gasteiger partial charge in [0.2, 0.25) is 0 Å². The molecule has 0 aromatic rings. The number of carbonyl (C=O) groups is 1. The highest BCUT2D eigenvalue weighted by molar-refractivity contribution is 7.99. The van der Waals surface area contributed by atoms with E-state index in [-0.39, 0.29) is 0 Å². The van der Waals surface area contributed by atoms with Gasteiger partial charge in [-0.3, -0.25) is 4.79 Å². The van der Waals surface area contributed by atoms with E-state index in [1.54, 1.807) is 0 Å². The molecular formula is C13H23NOS. The Labute approximate surface area is 103 Å². The number of thioether (sulfide) groups is 1. The lowest BCUT2D eigenvalue weighted by atomic mass is 9.92. The van der Waals surface area contributed by atoms with Gasteiger partial charge in [0.1, 0.15) is 5.78 Å². The van der Waals surface area contributed by atoms with Crippen molar-refractivity contribution in [1.29, 1.82) is 0 Å². The second kappa shape index (κ2) is 6.65. The van der Waals surface area contributed by atoms with Crippen LogP contribution in [0, 0.1) is 5.92 Å². The van der Waals surface area contributed by atoms with E-state index >= 15 is 0 Å². The number of carbonyl (C=O) groups excluding carboxylic acids is 1. The van der Waals surface area contributed by atoms with Crippen LogP contribution in [0.5, 0.6) is 0 Å². The summed E-state index contributed by atoms with van der Waals surface area (Å²) in [5.74, 6) is 3.24. The van der Waals surface area contributed by atoms with Gasteiger partial charge < -0.3 is 5.32 Å². The second-order valence-electron chi connectivity index (χ2n) is 5.08. The fourth-order valence-corrected chi connectivity index (χ4v) is 3.71. The number of ketones is 1. The third-order valence-electron chi connectivity index (χ3n) is 3.76. The van der Waals surface area contributed by atoms with Crippen LogP contribution in [0.25, 0.3) is 0 Å². The first-order valence-electron chi connectivity index (χ1n) is 6.70. The van der Waals surface area contributed by atoms with E-state index in [1.807, 2.05) is 11.8 Å². The van der Waals surface area contributed by atoms with Gasteiger partial charge in [0.25, 0.3) is 0 Å². The zero-order valence-electron chi connectivity index (χ0n) is 10.0. The zero-order chi connectivity index (χ0) is 11.2. The molecule has 0 spiro atoms. The maximum absolute atomic E-state index is 12.2.